The van der Waals surface area contributed by atoms with Crippen LogP contribution in [0.2, 0.25) is 0 Å². The first-order valence-electron chi connectivity index (χ1n) is 6.39. The summed E-state index contributed by atoms with van der Waals surface area (Å²) in [6.07, 6.45) is 4.86. The molecule has 1 aromatic heterocycles. The number of furan rings is 1. The fourth-order valence-electron chi connectivity index (χ4n) is 2.50. The van der Waals surface area contributed by atoms with Gasteiger partial charge in [0.05, 0.1) is 6.26 Å². The highest BCUT2D eigenvalue weighted by Crippen LogP contribution is 2.27. The number of hydrogen-bond acceptors (Lipinski definition) is 3. The van der Waals surface area contributed by atoms with E-state index in [1.807, 2.05) is 12.1 Å². The van der Waals surface area contributed by atoms with Crippen molar-refractivity contribution in [2.45, 2.75) is 53.0 Å². The number of hydrazine groups is 1. The lowest BCUT2D eigenvalue weighted by atomic mass is 9.82. The Labute approximate surface area is 105 Å². The monoisotopic (exact) mass is 238 g/mol. The zero-order valence-electron chi connectivity index (χ0n) is 11.5. The Balaban J connectivity index is 2.41. The fraction of sp³-hybridized carbons (Fsp3) is 0.714. The molecule has 0 saturated heterocycles. The van der Waals surface area contributed by atoms with Gasteiger partial charge in [0.25, 0.3) is 0 Å². The Kier molecular flexibility index (Phi) is 5.22. The van der Waals surface area contributed by atoms with Gasteiger partial charge in [-0.3, -0.25) is 11.3 Å². The van der Waals surface area contributed by atoms with Gasteiger partial charge in [0.1, 0.15) is 5.76 Å². The Morgan fingerprint density at radius 1 is 1.41 bits per heavy atom. The third kappa shape index (κ3) is 5.89. The predicted octanol–water partition coefficient (Wildman–Crippen LogP) is 3.12. The number of nitrogens with two attached hydrogens (primary N) is 1. The van der Waals surface area contributed by atoms with Crippen LogP contribution >= 0.6 is 0 Å². The van der Waals surface area contributed by atoms with Crippen LogP contribution in [0.25, 0.3) is 0 Å². The summed E-state index contributed by atoms with van der Waals surface area (Å²) >= 11 is 0. The van der Waals surface area contributed by atoms with Crippen LogP contribution in [-0.2, 0) is 6.42 Å². The first-order chi connectivity index (χ1) is 7.90. The Bertz CT molecular complexity index is 301. The van der Waals surface area contributed by atoms with Gasteiger partial charge in [-0.05, 0) is 36.3 Å². The van der Waals surface area contributed by atoms with Gasteiger partial charge < -0.3 is 4.42 Å². The standard InChI is InChI=1S/C14H26N2O/c1-11(10-14(2,3)4)8-12(16-15)9-13-6-5-7-17-13/h5-7,11-12,16H,8-10,15H2,1-4H3. The summed E-state index contributed by atoms with van der Waals surface area (Å²) in [4.78, 5) is 0. The minimum absolute atomic E-state index is 0.290. The first-order valence-corrected chi connectivity index (χ1v) is 6.39. The van der Waals surface area contributed by atoms with Crippen LogP contribution in [0.15, 0.2) is 22.8 Å². The smallest absolute Gasteiger partial charge is 0.105 e. The molecule has 0 spiro atoms. The van der Waals surface area contributed by atoms with E-state index in [-0.39, 0.29) is 0 Å². The Hall–Kier alpha value is -0.800. The Morgan fingerprint density at radius 3 is 2.59 bits per heavy atom. The van der Waals surface area contributed by atoms with Gasteiger partial charge in [-0.15, -0.1) is 0 Å². The summed E-state index contributed by atoms with van der Waals surface area (Å²) in [7, 11) is 0. The fourth-order valence-corrected chi connectivity index (χ4v) is 2.50. The summed E-state index contributed by atoms with van der Waals surface area (Å²) in [5.41, 5.74) is 3.28. The van der Waals surface area contributed by atoms with E-state index in [1.54, 1.807) is 6.26 Å². The molecule has 3 N–H and O–H groups in total. The first kappa shape index (κ1) is 14.3. The summed E-state index contributed by atoms with van der Waals surface area (Å²) in [6, 6.07) is 4.21. The van der Waals surface area contributed by atoms with Gasteiger partial charge >= 0.3 is 0 Å². The van der Waals surface area contributed by atoms with Crippen LogP contribution in [-0.4, -0.2) is 6.04 Å². The van der Waals surface area contributed by atoms with Crippen molar-refractivity contribution in [2.75, 3.05) is 0 Å². The summed E-state index contributed by atoms with van der Waals surface area (Å²) in [6.45, 7) is 9.13. The van der Waals surface area contributed by atoms with Crippen molar-refractivity contribution in [2.24, 2.45) is 17.2 Å². The van der Waals surface area contributed by atoms with E-state index in [2.05, 4.69) is 33.1 Å². The maximum absolute atomic E-state index is 5.61. The lowest BCUT2D eigenvalue weighted by Crippen LogP contribution is -2.38. The predicted molar refractivity (Wildman–Crippen MR) is 71.4 cm³/mol. The molecule has 1 aromatic rings. The molecular formula is C14H26N2O. The molecule has 0 bridgehead atoms. The van der Waals surface area contributed by atoms with Crippen molar-refractivity contribution in [1.82, 2.24) is 5.43 Å². The molecule has 3 nitrogen and oxygen atoms in total. The molecular weight excluding hydrogens is 212 g/mol. The SMILES string of the molecule is CC(CC(Cc1ccco1)NN)CC(C)(C)C. The number of rotatable bonds is 6. The number of hydrogen-bond donors (Lipinski definition) is 2. The molecule has 2 unspecified atom stereocenters. The minimum Gasteiger partial charge on any atom is -0.469 e. The molecule has 0 aliphatic heterocycles. The molecule has 0 saturated carbocycles. The molecule has 0 fully saturated rings. The minimum atomic E-state index is 0.290. The van der Waals surface area contributed by atoms with E-state index in [9.17, 15) is 0 Å². The van der Waals surface area contributed by atoms with Gasteiger partial charge in [-0.2, -0.15) is 0 Å². The van der Waals surface area contributed by atoms with E-state index in [0.717, 1.165) is 18.6 Å². The second-order valence-electron chi connectivity index (χ2n) is 6.25. The molecule has 0 aliphatic carbocycles. The molecule has 1 heterocycles. The van der Waals surface area contributed by atoms with Gasteiger partial charge in [0.15, 0.2) is 0 Å². The molecule has 0 radical (unpaired) electrons. The lowest BCUT2D eigenvalue weighted by molar-refractivity contribution is 0.271. The summed E-state index contributed by atoms with van der Waals surface area (Å²) < 4.78 is 5.35. The van der Waals surface area contributed by atoms with Gasteiger partial charge in [-0.25, -0.2) is 0 Å². The normalized spacial score (nSPS) is 15.8. The Morgan fingerprint density at radius 2 is 2.12 bits per heavy atom. The zero-order valence-corrected chi connectivity index (χ0v) is 11.5. The molecule has 1 rings (SSSR count). The second-order valence-corrected chi connectivity index (χ2v) is 6.25. The van der Waals surface area contributed by atoms with Gasteiger partial charge in [-0.1, -0.05) is 27.7 Å². The van der Waals surface area contributed by atoms with E-state index in [0.29, 0.717) is 17.4 Å². The van der Waals surface area contributed by atoms with E-state index >= 15 is 0 Å². The highest BCUT2D eigenvalue weighted by Gasteiger charge is 2.19. The average Bonchev–Trinajstić information content (AvgIpc) is 2.66. The maximum Gasteiger partial charge on any atom is 0.105 e. The van der Waals surface area contributed by atoms with Gasteiger partial charge in [0.2, 0.25) is 0 Å². The third-order valence-corrected chi connectivity index (χ3v) is 2.91. The second kappa shape index (κ2) is 6.22. The van der Waals surface area contributed by atoms with Crippen LogP contribution in [0, 0.1) is 11.3 Å². The largest absolute Gasteiger partial charge is 0.469 e. The third-order valence-electron chi connectivity index (χ3n) is 2.91. The van der Waals surface area contributed by atoms with Crippen molar-refractivity contribution >= 4 is 0 Å². The van der Waals surface area contributed by atoms with E-state index in [1.165, 1.54) is 6.42 Å². The van der Waals surface area contributed by atoms with Crippen molar-refractivity contribution in [3.05, 3.63) is 24.2 Å². The van der Waals surface area contributed by atoms with Crippen molar-refractivity contribution in [3.63, 3.8) is 0 Å². The molecule has 0 amide bonds. The molecule has 0 aliphatic rings. The quantitative estimate of drug-likeness (QED) is 0.591. The van der Waals surface area contributed by atoms with Gasteiger partial charge in [0, 0.05) is 12.5 Å². The maximum atomic E-state index is 5.61. The molecule has 98 valence electrons. The topological polar surface area (TPSA) is 51.2 Å². The highest BCUT2D eigenvalue weighted by molar-refractivity contribution is 5.00. The summed E-state index contributed by atoms with van der Waals surface area (Å²) in [5.74, 6) is 7.26. The van der Waals surface area contributed by atoms with Crippen LogP contribution in [0.1, 0.15) is 46.3 Å². The molecule has 2 atom stereocenters. The highest BCUT2D eigenvalue weighted by atomic mass is 16.3. The molecule has 0 aromatic carbocycles. The summed E-state index contributed by atoms with van der Waals surface area (Å²) in [5, 5.41) is 0. The van der Waals surface area contributed by atoms with Crippen LogP contribution in [0.4, 0.5) is 0 Å². The molecule has 3 heteroatoms. The average molecular weight is 238 g/mol. The van der Waals surface area contributed by atoms with E-state index in [4.69, 9.17) is 10.3 Å². The number of nitrogens with one attached hydrogen (secondary N) is 1. The van der Waals surface area contributed by atoms with Crippen molar-refractivity contribution < 1.29 is 4.42 Å². The van der Waals surface area contributed by atoms with Crippen molar-refractivity contribution in [3.8, 4) is 0 Å². The molecule has 17 heavy (non-hydrogen) atoms. The van der Waals surface area contributed by atoms with Crippen LogP contribution < -0.4 is 11.3 Å². The van der Waals surface area contributed by atoms with Crippen LogP contribution in [0.5, 0.6) is 0 Å². The van der Waals surface area contributed by atoms with Crippen molar-refractivity contribution in [1.29, 1.82) is 0 Å². The van der Waals surface area contributed by atoms with Crippen LogP contribution in [0.3, 0.4) is 0 Å². The zero-order chi connectivity index (χ0) is 12.9. The van der Waals surface area contributed by atoms with E-state index < -0.39 is 0 Å². The lowest BCUT2D eigenvalue weighted by Gasteiger charge is -2.26.